The van der Waals surface area contributed by atoms with E-state index in [1.54, 1.807) is 7.11 Å². The van der Waals surface area contributed by atoms with E-state index in [1.807, 2.05) is 30.3 Å². The molecule has 0 fully saturated rings. The van der Waals surface area contributed by atoms with E-state index in [1.165, 1.54) is 5.56 Å². The van der Waals surface area contributed by atoms with Gasteiger partial charge in [-0.15, -0.1) is 0 Å². The normalized spacial score (nSPS) is 20.2. The standard InChI is InChI=1S/C17H17N3O/c1-21-16-9-5-4-8-14(16)15-11-10-12-6-2-3-7-13(12)17(15)19-20-18/h2-9,15,17H,10-11H2,1H3/t15-,17+/m1/s1. The van der Waals surface area contributed by atoms with Gasteiger partial charge in [0, 0.05) is 10.8 Å². The van der Waals surface area contributed by atoms with Crippen molar-refractivity contribution in [2.75, 3.05) is 7.11 Å². The number of fused-ring (bicyclic) bond motifs is 1. The zero-order valence-corrected chi connectivity index (χ0v) is 11.9. The molecule has 4 nitrogen and oxygen atoms in total. The molecule has 0 bridgehead atoms. The third-order valence-electron chi connectivity index (χ3n) is 4.19. The van der Waals surface area contributed by atoms with Crippen molar-refractivity contribution in [3.05, 3.63) is 75.7 Å². The van der Waals surface area contributed by atoms with Crippen molar-refractivity contribution < 1.29 is 4.74 Å². The maximum Gasteiger partial charge on any atom is 0.122 e. The van der Waals surface area contributed by atoms with Crippen LogP contribution in [-0.4, -0.2) is 7.11 Å². The van der Waals surface area contributed by atoms with E-state index in [9.17, 15) is 0 Å². The highest BCUT2D eigenvalue weighted by Crippen LogP contribution is 2.45. The zero-order valence-electron chi connectivity index (χ0n) is 11.9. The Labute approximate surface area is 124 Å². The molecule has 0 aliphatic heterocycles. The lowest BCUT2D eigenvalue weighted by atomic mass is 9.76. The summed E-state index contributed by atoms with van der Waals surface area (Å²) in [6.45, 7) is 0. The van der Waals surface area contributed by atoms with Gasteiger partial charge in [-0.2, -0.15) is 0 Å². The van der Waals surface area contributed by atoms with Crippen molar-refractivity contribution >= 4 is 0 Å². The summed E-state index contributed by atoms with van der Waals surface area (Å²) in [4.78, 5) is 3.07. The van der Waals surface area contributed by atoms with Gasteiger partial charge in [-0.1, -0.05) is 47.6 Å². The van der Waals surface area contributed by atoms with Crippen LogP contribution in [0.15, 0.2) is 53.6 Å². The number of nitrogens with zero attached hydrogens (tertiary/aromatic N) is 3. The van der Waals surface area contributed by atoms with Crippen LogP contribution in [0.3, 0.4) is 0 Å². The highest BCUT2D eigenvalue weighted by molar-refractivity contribution is 5.42. The Morgan fingerprint density at radius 1 is 1.10 bits per heavy atom. The lowest BCUT2D eigenvalue weighted by Crippen LogP contribution is -2.18. The van der Waals surface area contributed by atoms with Crippen LogP contribution in [0.1, 0.15) is 35.1 Å². The number of rotatable bonds is 3. The van der Waals surface area contributed by atoms with Crippen molar-refractivity contribution in [3.63, 3.8) is 0 Å². The average Bonchev–Trinajstić information content (AvgIpc) is 2.55. The van der Waals surface area contributed by atoms with Gasteiger partial charge in [-0.05, 0) is 41.1 Å². The van der Waals surface area contributed by atoms with E-state index < -0.39 is 0 Å². The molecule has 3 rings (SSSR count). The van der Waals surface area contributed by atoms with Crippen molar-refractivity contribution in [2.45, 2.75) is 24.8 Å². The lowest BCUT2D eigenvalue weighted by molar-refractivity contribution is 0.393. The summed E-state index contributed by atoms with van der Waals surface area (Å²) in [6.07, 6.45) is 1.96. The molecule has 1 aliphatic rings. The Morgan fingerprint density at radius 3 is 2.57 bits per heavy atom. The molecule has 2 aromatic carbocycles. The smallest absolute Gasteiger partial charge is 0.122 e. The SMILES string of the molecule is COc1ccccc1[C@H]1CCc2ccccc2[C@@H]1N=[N+]=[N-]. The first-order valence-electron chi connectivity index (χ1n) is 7.10. The topological polar surface area (TPSA) is 58.0 Å². The van der Waals surface area contributed by atoms with Gasteiger partial charge in [-0.3, -0.25) is 0 Å². The van der Waals surface area contributed by atoms with E-state index in [2.05, 4.69) is 28.2 Å². The highest BCUT2D eigenvalue weighted by Gasteiger charge is 2.31. The summed E-state index contributed by atoms with van der Waals surface area (Å²) in [5, 5.41) is 4.08. The van der Waals surface area contributed by atoms with E-state index in [-0.39, 0.29) is 12.0 Å². The van der Waals surface area contributed by atoms with Gasteiger partial charge in [0.05, 0.1) is 13.2 Å². The number of benzene rings is 2. The Kier molecular flexibility index (Phi) is 3.80. The molecule has 21 heavy (non-hydrogen) atoms. The summed E-state index contributed by atoms with van der Waals surface area (Å²) in [5.74, 6) is 1.02. The molecule has 0 aromatic heterocycles. The van der Waals surface area contributed by atoms with Crippen LogP contribution in [0.2, 0.25) is 0 Å². The van der Waals surface area contributed by atoms with E-state index in [0.29, 0.717) is 0 Å². The van der Waals surface area contributed by atoms with Crippen LogP contribution < -0.4 is 4.74 Å². The fourth-order valence-electron chi connectivity index (χ4n) is 3.23. The number of azide groups is 1. The predicted molar refractivity (Wildman–Crippen MR) is 82.4 cm³/mol. The van der Waals surface area contributed by atoms with Crippen LogP contribution in [0.25, 0.3) is 10.4 Å². The van der Waals surface area contributed by atoms with Crippen LogP contribution >= 0.6 is 0 Å². The largest absolute Gasteiger partial charge is 0.496 e. The minimum absolute atomic E-state index is 0.159. The minimum atomic E-state index is -0.170. The fraction of sp³-hybridized carbons (Fsp3) is 0.294. The number of hydrogen-bond donors (Lipinski definition) is 0. The van der Waals surface area contributed by atoms with Gasteiger partial charge in [0.15, 0.2) is 0 Å². The van der Waals surface area contributed by atoms with Crippen molar-refractivity contribution in [1.29, 1.82) is 0 Å². The summed E-state index contributed by atoms with van der Waals surface area (Å²) in [5.41, 5.74) is 12.5. The number of aryl methyl sites for hydroxylation is 1. The Balaban J connectivity index is 2.09. The minimum Gasteiger partial charge on any atom is -0.496 e. The number of para-hydroxylation sites is 1. The van der Waals surface area contributed by atoms with Crippen molar-refractivity contribution in [1.82, 2.24) is 0 Å². The van der Waals surface area contributed by atoms with Gasteiger partial charge in [-0.25, -0.2) is 0 Å². The molecule has 4 heteroatoms. The number of ether oxygens (including phenoxy) is 1. The van der Waals surface area contributed by atoms with E-state index in [0.717, 1.165) is 29.7 Å². The maximum absolute atomic E-state index is 8.96. The molecule has 0 heterocycles. The first-order chi connectivity index (χ1) is 10.3. The van der Waals surface area contributed by atoms with Crippen molar-refractivity contribution in [2.24, 2.45) is 5.11 Å². The highest BCUT2D eigenvalue weighted by atomic mass is 16.5. The summed E-state index contributed by atoms with van der Waals surface area (Å²) in [6, 6.07) is 16.0. The van der Waals surface area contributed by atoms with Gasteiger partial charge in [0.2, 0.25) is 0 Å². The summed E-state index contributed by atoms with van der Waals surface area (Å²) < 4.78 is 5.48. The molecule has 0 spiro atoms. The molecule has 2 atom stereocenters. The molecule has 0 N–H and O–H groups in total. The molecule has 106 valence electrons. The van der Waals surface area contributed by atoms with Crippen LogP contribution in [0.4, 0.5) is 0 Å². The molecule has 1 aliphatic carbocycles. The van der Waals surface area contributed by atoms with Gasteiger partial charge in [0.25, 0.3) is 0 Å². The van der Waals surface area contributed by atoms with Crippen LogP contribution in [0, 0.1) is 0 Å². The molecule has 0 amide bonds. The molecule has 0 saturated heterocycles. The maximum atomic E-state index is 8.96. The van der Waals surface area contributed by atoms with Crippen LogP contribution in [0.5, 0.6) is 5.75 Å². The molecule has 2 aromatic rings. The third-order valence-corrected chi connectivity index (χ3v) is 4.19. The zero-order chi connectivity index (χ0) is 14.7. The summed E-state index contributed by atoms with van der Waals surface area (Å²) >= 11 is 0. The Morgan fingerprint density at radius 2 is 1.81 bits per heavy atom. The number of methoxy groups -OCH3 is 1. The monoisotopic (exact) mass is 279 g/mol. The first kappa shape index (κ1) is 13.5. The number of hydrogen-bond acceptors (Lipinski definition) is 2. The van der Waals surface area contributed by atoms with Crippen LogP contribution in [-0.2, 0) is 6.42 Å². The van der Waals surface area contributed by atoms with Gasteiger partial charge >= 0.3 is 0 Å². The first-order valence-corrected chi connectivity index (χ1v) is 7.10. The molecular weight excluding hydrogens is 262 g/mol. The van der Waals surface area contributed by atoms with E-state index >= 15 is 0 Å². The molecule has 0 radical (unpaired) electrons. The predicted octanol–water partition coefficient (Wildman–Crippen LogP) is 4.78. The molecule has 0 unspecified atom stereocenters. The lowest BCUT2D eigenvalue weighted by Gasteiger charge is -2.31. The molecule has 0 saturated carbocycles. The second-order valence-electron chi connectivity index (χ2n) is 5.24. The Bertz CT molecular complexity index is 692. The van der Waals surface area contributed by atoms with Crippen molar-refractivity contribution in [3.8, 4) is 5.75 Å². The second kappa shape index (κ2) is 5.90. The van der Waals surface area contributed by atoms with Gasteiger partial charge in [0.1, 0.15) is 5.75 Å². The van der Waals surface area contributed by atoms with Gasteiger partial charge < -0.3 is 4.74 Å². The average molecular weight is 279 g/mol. The quantitative estimate of drug-likeness (QED) is 0.453. The Hall–Kier alpha value is -2.45. The summed E-state index contributed by atoms with van der Waals surface area (Å²) in [7, 11) is 1.68. The second-order valence-corrected chi connectivity index (χ2v) is 5.24. The third kappa shape index (κ3) is 2.46. The molecular formula is C17H17N3O. The fourth-order valence-corrected chi connectivity index (χ4v) is 3.23. The van der Waals surface area contributed by atoms with E-state index in [4.69, 9.17) is 10.3 Å².